The number of benzene rings is 1. The number of carbonyl (C=O) groups is 2. The van der Waals surface area contributed by atoms with Gasteiger partial charge in [-0.2, -0.15) is 0 Å². The molecule has 1 atom stereocenters. The summed E-state index contributed by atoms with van der Waals surface area (Å²) in [4.78, 5) is 22.9. The Morgan fingerprint density at radius 1 is 1.30 bits per heavy atom. The van der Waals surface area contributed by atoms with Crippen molar-refractivity contribution >= 4 is 35.3 Å². The molecular weight excluding hydrogens is 305 g/mol. The highest BCUT2D eigenvalue weighted by Crippen LogP contribution is 2.26. The van der Waals surface area contributed by atoms with Gasteiger partial charge in [-0.05, 0) is 32.9 Å². The first-order chi connectivity index (χ1) is 9.10. The van der Waals surface area contributed by atoms with E-state index < -0.39 is 23.7 Å². The second-order valence-electron chi connectivity index (χ2n) is 5.08. The molecule has 1 aromatic carbocycles. The van der Waals surface area contributed by atoms with Gasteiger partial charge in [0.2, 0.25) is 0 Å². The average Bonchev–Trinajstić information content (AvgIpc) is 2.23. The van der Waals surface area contributed by atoms with E-state index in [1.165, 1.54) is 18.2 Å². The maximum Gasteiger partial charge on any atom is 0.408 e. The molecule has 0 heterocycles. The molecule has 0 aromatic heterocycles. The molecule has 0 saturated carbocycles. The van der Waals surface area contributed by atoms with Crippen LogP contribution < -0.4 is 5.32 Å². The van der Waals surface area contributed by atoms with Crippen molar-refractivity contribution in [1.29, 1.82) is 0 Å². The summed E-state index contributed by atoms with van der Waals surface area (Å²) in [6.45, 7) is 5.03. The Balaban J connectivity index is 2.96. The fourth-order valence-electron chi connectivity index (χ4n) is 1.43. The quantitative estimate of drug-likeness (QED) is 0.891. The third-order valence-electron chi connectivity index (χ3n) is 2.18. The van der Waals surface area contributed by atoms with Crippen LogP contribution in [-0.2, 0) is 9.53 Å². The first-order valence-corrected chi connectivity index (χ1v) is 6.53. The zero-order valence-corrected chi connectivity index (χ0v) is 12.7. The number of aliphatic carboxylic acids is 1. The van der Waals surface area contributed by atoms with Gasteiger partial charge in [0, 0.05) is 15.6 Å². The molecule has 5 nitrogen and oxygen atoms in total. The number of carboxylic acid groups (broad SMARTS) is 1. The maximum absolute atomic E-state index is 11.7. The van der Waals surface area contributed by atoms with Crippen molar-refractivity contribution in [3.05, 3.63) is 33.8 Å². The van der Waals surface area contributed by atoms with Crippen molar-refractivity contribution in [2.45, 2.75) is 32.4 Å². The van der Waals surface area contributed by atoms with Crippen LogP contribution in [0.3, 0.4) is 0 Å². The van der Waals surface area contributed by atoms with E-state index in [2.05, 4.69) is 5.32 Å². The Kier molecular flexibility index (Phi) is 5.25. The van der Waals surface area contributed by atoms with E-state index in [0.717, 1.165) is 0 Å². The Labute approximate surface area is 126 Å². The molecule has 0 bridgehead atoms. The lowest BCUT2D eigenvalue weighted by molar-refractivity contribution is -0.139. The van der Waals surface area contributed by atoms with Gasteiger partial charge in [0.05, 0.1) is 0 Å². The molecule has 110 valence electrons. The molecule has 0 radical (unpaired) electrons. The number of ether oxygens (including phenoxy) is 1. The number of carboxylic acids is 1. The molecule has 0 unspecified atom stereocenters. The minimum atomic E-state index is -1.31. The molecule has 1 amide bonds. The van der Waals surface area contributed by atoms with Crippen LogP contribution in [-0.4, -0.2) is 22.8 Å². The van der Waals surface area contributed by atoms with E-state index in [1.807, 2.05) is 0 Å². The van der Waals surface area contributed by atoms with Crippen LogP contribution in [0.1, 0.15) is 32.4 Å². The van der Waals surface area contributed by atoms with E-state index in [0.29, 0.717) is 5.02 Å². The van der Waals surface area contributed by atoms with Crippen molar-refractivity contribution in [2.24, 2.45) is 0 Å². The van der Waals surface area contributed by atoms with E-state index in [1.54, 1.807) is 20.8 Å². The largest absolute Gasteiger partial charge is 0.479 e. The van der Waals surface area contributed by atoms with E-state index in [4.69, 9.17) is 27.9 Å². The summed E-state index contributed by atoms with van der Waals surface area (Å²) in [7, 11) is 0. The number of alkyl carbamates (subject to hydrolysis) is 1. The molecule has 0 aliphatic heterocycles. The maximum atomic E-state index is 11.7. The molecule has 0 aliphatic rings. The van der Waals surface area contributed by atoms with Crippen molar-refractivity contribution in [2.75, 3.05) is 0 Å². The molecule has 2 N–H and O–H groups in total. The SMILES string of the molecule is CC(C)(C)OC(=O)N[C@@H](C(=O)O)c1ccc(Cl)cc1Cl. The van der Waals surface area contributed by atoms with Gasteiger partial charge in [-0.25, -0.2) is 9.59 Å². The van der Waals surface area contributed by atoms with E-state index in [-0.39, 0.29) is 10.6 Å². The lowest BCUT2D eigenvalue weighted by Gasteiger charge is -2.22. The van der Waals surface area contributed by atoms with Crippen LogP contribution in [0.5, 0.6) is 0 Å². The fraction of sp³-hybridized carbons (Fsp3) is 0.385. The lowest BCUT2D eigenvalue weighted by atomic mass is 10.1. The molecule has 0 aliphatic carbocycles. The van der Waals surface area contributed by atoms with Crippen LogP contribution >= 0.6 is 23.2 Å². The summed E-state index contributed by atoms with van der Waals surface area (Å²) >= 11 is 11.7. The van der Waals surface area contributed by atoms with Gasteiger partial charge in [0.25, 0.3) is 0 Å². The molecule has 0 fully saturated rings. The van der Waals surface area contributed by atoms with Crippen molar-refractivity contribution in [3.8, 4) is 0 Å². The summed E-state index contributed by atoms with van der Waals surface area (Å²) in [6, 6.07) is 3.04. The minimum Gasteiger partial charge on any atom is -0.479 e. The van der Waals surface area contributed by atoms with Gasteiger partial charge in [-0.3, -0.25) is 0 Å². The number of halogens is 2. The lowest BCUT2D eigenvalue weighted by Crippen LogP contribution is -2.38. The Morgan fingerprint density at radius 2 is 1.90 bits per heavy atom. The summed E-state index contributed by atoms with van der Waals surface area (Å²) in [5.41, 5.74) is -0.494. The number of carbonyl (C=O) groups excluding carboxylic acids is 1. The van der Waals surface area contributed by atoms with Crippen LogP contribution in [0.25, 0.3) is 0 Å². The highest BCUT2D eigenvalue weighted by molar-refractivity contribution is 6.35. The Hall–Kier alpha value is -1.46. The van der Waals surface area contributed by atoms with Crippen LogP contribution in [0, 0.1) is 0 Å². The minimum absolute atomic E-state index is 0.154. The predicted octanol–water partition coefficient (Wildman–Crippen LogP) is 3.64. The fourth-order valence-corrected chi connectivity index (χ4v) is 1.95. The molecule has 20 heavy (non-hydrogen) atoms. The van der Waals surface area contributed by atoms with E-state index in [9.17, 15) is 14.7 Å². The molecule has 0 spiro atoms. The zero-order valence-electron chi connectivity index (χ0n) is 11.2. The van der Waals surface area contributed by atoms with Crippen molar-refractivity contribution < 1.29 is 19.4 Å². The first kappa shape index (κ1) is 16.6. The van der Waals surface area contributed by atoms with Gasteiger partial charge in [0.15, 0.2) is 6.04 Å². The standard InChI is InChI=1S/C13H15Cl2NO4/c1-13(2,3)20-12(19)16-10(11(17)18)8-5-4-7(14)6-9(8)15/h4-6,10H,1-3H3,(H,16,19)(H,17,18)/t10-/m1/s1. The summed E-state index contributed by atoms with van der Waals surface area (Å²) in [6.07, 6.45) is -0.837. The van der Waals surface area contributed by atoms with Crippen LogP contribution in [0.2, 0.25) is 10.0 Å². The summed E-state index contributed by atoms with van der Waals surface area (Å²) in [5, 5.41) is 12.0. The van der Waals surface area contributed by atoms with E-state index >= 15 is 0 Å². The third-order valence-corrected chi connectivity index (χ3v) is 2.74. The topological polar surface area (TPSA) is 75.6 Å². The number of hydrogen-bond acceptors (Lipinski definition) is 3. The molecule has 1 rings (SSSR count). The van der Waals surface area contributed by atoms with Gasteiger partial charge in [-0.1, -0.05) is 29.3 Å². The average molecular weight is 320 g/mol. The molecule has 7 heteroatoms. The van der Waals surface area contributed by atoms with Crippen LogP contribution in [0.4, 0.5) is 4.79 Å². The van der Waals surface area contributed by atoms with Gasteiger partial charge < -0.3 is 15.2 Å². The monoisotopic (exact) mass is 319 g/mol. The van der Waals surface area contributed by atoms with Gasteiger partial charge in [0.1, 0.15) is 5.60 Å². The van der Waals surface area contributed by atoms with Gasteiger partial charge in [-0.15, -0.1) is 0 Å². The highest BCUT2D eigenvalue weighted by Gasteiger charge is 2.27. The smallest absolute Gasteiger partial charge is 0.408 e. The predicted molar refractivity (Wildman–Crippen MR) is 76.2 cm³/mol. The summed E-state index contributed by atoms with van der Waals surface area (Å²) in [5.74, 6) is -1.25. The number of rotatable bonds is 3. The number of hydrogen-bond donors (Lipinski definition) is 2. The molecule has 0 saturated heterocycles. The Bertz CT molecular complexity index is 526. The van der Waals surface area contributed by atoms with Crippen molar-refractivity contribution in [3.63, 3.8) is 0 Å². The molecular formula is C13H15Cl2NO4. The van der Waals surface area contributed by atoms with Crippen molar-refractivity contribution in [1.82, 2.24) is 5.32 Å². The second-order valence-corrected chi connectivity index (χ2v) is 5.93. The highest BCUT2D eigenvalue weighted by atomic mass is 35.5. The van der Waals surface area contributed by atoms with Gasteiger partial charge >= 0.3 is 12.1 Å². The first-order valence-electron chi connectivity index (χ1n) is 5.77. The molecule has 1 aromatic rings. The zero-order chi connectivity index (χ0) is 15.5. The number of nitrogens with one attached hydrogen (secondary N) is 1. The normalized spacial score (nSPS) is 12.7. The summed E-state index contributed by atoms with van der Waals surface area (Å²) < 4.78 is 5.02. The third kappa shape index (κ3) is 4.90. The number of amides is 1. The van der Waals surface area contributed by atoms with Crippen LogP contribution in [0.15, 0.2) is 18.2 Å². The Morgan fingerprint density at radius 3 is 2.35 bits per heavy atom. The second kappa shape index (κ2) is 6.33.